The van der Waals surface area contributed by atoms with Crippen LogP contribution in [0.25, 0.3) is 0 Å². The predicted molar refractivity (Wildman–Crippen MR) is 68.7 cm³/mol. The van der Waals surface area contributed by atoms with Gasteiger partial charge in [0.25, 0.3) is 0 Å². The lowest BCUT2D eigenvalue weighted by Gasteiger charge is -2.35. The van der Waals surface area contributed by atoms with Gasteiger partial charge in [-0.3, -0.25) is 14.5 Å². The van der Waals surface area contributed by atoms with Gasteiger partial charge in [0.05, 0.1) is 0 Å². The zero-order chi connectivity index (χ0) is 14.2. The van der Waals surface area contributed by atoms with Crippen LogP contribution in [0.1, 0.15) is 46.5 Å². The van der Waals surface area contributed by atoms with Crippen LogP contribution in [-0.4, -0.2) is 40.7 Å². The molecule has 5 heteroatoms. The average molecular weight is 267 g/mol. The third kappa shape index (κ3) is 3.55. The minimum absolute atomic E-state index is 0.0268. The highest BCUT2D eigenvalue weighted by molar-refractivity contribution is 5.96. The summed E-state index contributed by atoms with van der Waals surface area (Å²) in [6, 6.07) is -0.608. The van der Waals surface area contributed by atoms with Crippen LogP contribution in [-0.2, 0) is 14.3 Å². The topological polar surface area (TPSA) is 63.7 Å². The lowest BCUT2D eigenvalue weighted by atomic mass is 9.95. The lowest BCUT2D eigenvalue weighted by molar-refractivity contribution is -0.133. The Bertz CT molecular complexity index is 406. The third-order valence-corrected chi connectivity index (χ3v) is 3.36. The van der Waals surface area contributed by atoms with Crippen LogP contribution in [0.4, 0.5) is 4.79 Å². The van der Waals surface area contributed by atoms with E-state index in [2.05, 4.69) is 0 Å². The highest BCUT2D eigenvalue weighted by atomic mass is 16.6. The number of nitrogens with zero attached hydrogens (tertiary/aromatic N) is 1. The van der Waals surface area contributed by atoms with Crippen molar-refractivity contribution in [2.45, 2.75) is 58.1 Å². The second-order valence-electron chi connectivity index (χ2n) is 6.36. The highest BCUT2D eigenvalue weighted by Crippen LogP contribution is 2.34. The van der Waals surface area contributed by atoms with Crippen molar-refractivity contribution in [2.75, 3.05) is 6.54 Å². The number of amides is 1. The number of ketones is 2. The maximum atomic E-state index is 12.2. The maximum Gasteiger partial charge on any atom is 0.410 e. The quantitative estimate of drug-likeness (QED) is 0.767. The summed E-state index contributed by atoms with van der Waals surface area (Å²) in [7, 11) is 0. The second-order valence-corrected chi connectivity index (χ2v) is 6.36. The molecule has 1 unspecified atom stereocenters. The molecule has 0 aromatic carbocycles. The summed E-state index contributed by atoms with van der Waals surface area (Å²) in [5, 5.41) is 0. The molecule has 1 aliphatic heterocycles. The van der Waals surface area contributed by atoms with Crippen LogP contribution in [0.15, 0.2) is 0 Å². The fourth-order valence-electron chi connectivity index (χ4n) is 2.26. The summed E-state index contributed by atoms with van der Waals surface area (Å²) in [5.41, 5.74) is -0.592. The van der Waals surface area contributed by atoms with Crippen LogP contribution in [0.3, 0.4) is 0 Å². The number of rotatable bonds is 2. The van der Waals surface area contributed by atoms with Gasteiger partial charge in [0.1, 0.15) is 17.4 Å². The van der Waals surface area contributed by atoms with Crippen LogP contribution >= 0.6 is 0 Å². The Balaban J connectivity index is 2.09. The largest absolute Gasteiger partial charge is 0.444 e. The number of hydrogen-bond acceptors (Lipinski definition) is 4. The van der Waals surface area contributed by atoms with E-state index in [9.17, 15) is 14.4 Å². The molecule has 19 heavy (non-hydrogen) atoms. The smallest absolute Gasteiger partial charge is 0.410 e. The minimum Gasteiger partial charge on any atom is -0.444 e. The zero-order valence-corrected chi connectivity index (χ0v) is 11.8. The van der Waals surface area contributed by atoms with Crippen molar-refractivity contribution < 1.29 is 19.1 Å². The molecule has 5 nitrogen and oxygen atoms in total. The normalized spacial score (nSPS) is 24.3. The van der Waals surface area contributed by atoms with Gasteiger partial charge in [-0.05, 0) is 33.6 Å². The first-order chi connectivity index (χ1) is 8.78. The molecule has 1 saturated heterocycles. The van der Waals surface area contributed by atoms with Crippen molar-refractivity contribution in [3.05, 3.63) is 0 Å². The zero-order valence-electron chi connectivity index (χ0n) is 11.8. The molecule has 1 heterocycles. The first-order valence-electron chi connectivity index (χ1n) is 6.83. The van der Waals surface area contributed by atoms with Gasteiger partial charge in [0.15, 0.2) is 5.78 Å². The van der Waals surface area contributed by atoms with E-state index in [0.717, 1.165) is 12.8 Å². The summed E-state index contributed by atoms with van der Waals surface area (Å²) < 4.78 is 5.32. The van der Waals surface area contributed by atoms with Gasteiger partial charge in [-0.25, -0.2) is 4.79 Å². The molecule has 2 fully saturated rings. The van der Waals surface area contributed by atoms with Gasteiger partial charge in [-0.15, -0.1) is 0 Å². The van der Waals surface area contributed by atoms with Gasteiger partial charge < -0.3 is 4.74 Å². The first kappa shape index (κ1) is 14.0. The van der Waals surface area contributed by atoms with Gasteiger partial charge in [-0.1, -0.05) is 0 Å². The molecular weight excluding hydrogens is 246 g/mol. The molecule has 1 amide bonds. The predicted octanol–water partition coefficient (Wildman–Crippen LogP) is 1.93. The fraction of sp³-hybridized carbons (Fsp3) is 0.786. The number of likely N-dealkylation sites (tertiary alicyclic amines) is 1. The van der Waals surface area contributed by atoms with E-state index in [1.807, 2.05) is 0 Å². The molecule has 106 valence electrons. The average Bonchev–Trinajstić information content (AvgIpc) is 3.09. The van der Waals surface area contributed by atoms with Crippen molar-refractivity contribution >= 4 is 17.7 Å². The van der Waals surface area contributed by atoms with Gasteiger partial charge in [0, 0.05) is 25.3 Å². The van der Waals surface area contributed by atoms with E-state index in [4.69, 9.17) is 4.74 Å². The molecule has 2 aliphatic rings. The second kappa shape index (κ2) is 4.94. The van der Waals surface area contributed by atoms with Gasteiger partial charge in [0.2, 0.25) is 0 Å². The number of piperidine rings is 1. The molecule has 0 aromatic rings. The van der Waals surface area contributed by atoms with Crippen LogP contribution in [0.5, 0.6) is 0 Å². The Morgan fingerprint density at radius 1 is 1.26 bits per heavy atom. The van der Waals surface area contributed by atoms with Crippen molar-refractivity contribution in [1.82, 2.24) is 4.90 Å². The van der Waals surface area contributed by atoms with Crippen molar-refractivity contribution in [2.24, 2.45) is 5.92 Å². The highest BCUT2D eigenvalue weighted by Gasteiger charge is 2.43. The Labute approximate surface area is 113 Å². The third-order valence-electron chi connectivity index (χ3n) is 3.36. The van der Waals surface area contributed by atoms with E-state index in [1.54, 1.807) is 20.8 Å². The van der Waals surface area contributed by atoms with E-state index < -0.39 is 17.7 Å². The first-order valence-corrected chi connectivity index (χ1v) is 6.83. The molecule has 1 atom stereocenters. The van der Waals surface area contributed by atoms with E-state index in [1.165, 1.54) is 4.90 Å². The minimum atomic E-state index is -0.608. The fourth-order valence-corrected chi connectivity index (χ4v) is 2.26. The van der Waals surface area contributed by atoms with E-state index in [-0.39, 0.29) is 30.4 Å². The molecule has 0 spiro atoms. The molecule has 1 saturated carbocycles. The van der Waals surface area contributed by atoms with Crippen LogP contribution in [0.2, 0.25) is 0 Å². The Kier molecular flexibility index (Phi) is 3.65. The summed E-state index contributed by atoms with van der Waals surface area (Å²) in [4.78, 5) is 37.3. The SMILES string of the molecule is CC(C)(C)OC(=O)N1CCC(=O)CC1C(=O)C1CC1. The lowest BCUT2D eigenvalue weighted by Crippen LogP contribution is -2.52. The van der Waals surface area contributed by atoms with E-state index in [0.29, 0.717) is 6.42 Å². The van der Waals surface area contributed by atoms with Crippen LogP contribution < -0.4 is 0 Å². The number of carbonyl (C=O) groups is 3. The molecule has 2 rings (SSSR count). The number of ether oxygens (including phenoxy) is 1. The number of hydrogen-bond donors (Lipinski definition) is 0. The summed E-state index contributed by atoms with van der Waals surface area (Å²) >= 11 is 0. The molecular formula is C14H21NO4. The molecule has 0 bridgehead atoms. The Morgan fingerprint density at radius 2 is 1.89 bits per heavy atom. The summed E-state index contributed by atoms with van der Waals surface area (Å²) in [5.74, 6) is 0.124. The Hall–Kier alpha value is -1.39. The molecule has 1 aliphatic carbocycles. The Morgan fingerprint density at radius 3 is 2.42 bits per heavy atom. The molecule has 0 radical (unpaired) electrons. The monoisotopic (exact) mass is 267 g/mol. The van der Waals surface area contributed by atoms with Crippen molar-refractivity contribution in [1.29, 1.82) is 0 Å². The molecule has 0 N–H and O–H groups in total. The van der Waals surface area contributed by atoms with Gasteiger partial charge >= 0.3 is 6.09 Å². The standard InChI is InChI=1S/C14H21NO4/c1-14(2,3)19-13(18)15-7-6-10(16)8-11(15)12(17)9-4-5-9/h9,11H,4-8H2,1-3H3. The number of Topliss-reactive ketones (excluding diaryl/α,β-unsaturated/α-hetero) is 2. The maximum absolute atomic E-state index is 12.2. The van der Waals surface area contributed by atoms with E-state index >= 15 is 0 Å². The summed E-state index contributed by atoms with van der Waals surface area (Å²) in [6.07, 6.45) is 1.73. The van der Waals surface area contributed by atoms with Crippen molar-refractivity contribution in [3.63, 3.8) is 0 Å². The van der Waals surface area contributed by atoms with Crippen LogP contribution in [0, 0.1) is 5.92 Å². The molecule has 0 aromatic heterocycles. The summed E-state index contributed by atoms with van der Waals surface area (Å²) in [6.45, 7) is 5.66. The van der Waals surface area contributed by atoms with Gasteiger partial charge in [-0.2, -0.15) is 0 Å². The van der Waals surface area contributed by atoms with Crippen molar-refractivity contribution in [3.8, 4) is 0 Å². The number of carbonyl (C=O) groups excluding carboxylic acids is 3.